The van der Waals surface area contributed by atoms with Crippen molar-refractivity contribution in [3.05, 3.63) is 29.8 Å². The lowest BCUT2D eigenvalue weighted by atomic mass is 9.87. The first-order valence-electron chi connectivity index (χ1n) is 6.77. The molecule has 1 saturated carbocycles. The number of aliphatic hydroxyl groups is 1. The molecule has 1 aliphatic rings. The summed E-state index contributed by atoms with van der Waals surface area (Å²) in [5.74, 6) is -0.649. The van der Waals surface area contributed by atoms with Gasteiger partial charge in [-0.3, -0.25) is 4.79 Å². The lowest BCUT2D eigenvalue weighted by molar-refractivity contribution is -0.144. The van der Waals surface area contributed by atoms with E-state index in [9.17, 15) is 9.90 Å². The van der Waals surface area contributed by atoms with Gasteiger partial charge in [0, 0.05) is 5.92 Å². The van der Waals surface area contributed by atoms with Gasteiger partial charge >= 0.3 is 5.97 Å². The number of carboxylic acid groups (broad SMARTS) is 1. The van der Waals surface area contributed by atoms with E-state index in [2.05, 4.69) is 0 Å². The average Bonchev–Trinajstić information content (AvgIpc) is 2.88. The molecule has 1 aromatic carbocycles. The fraction of sp³-hybridized carbons (Fsp3) is 0.533. The van der Waals surface area contributed by atoms with Crippen molar-refractivity contribution >= 4 is 5.97 Å². The third-order valence-electron chi connectivity index (χ3n) is 3.82. The van der Waals surface area contributed by atoms with E-state index in [1.165, 1.54) is 0 Å². The highest BCUT2D eigenvalue weighted by Gasteiger charge is 2.37. The molecule has 2 rings (SSSR count). The second-order valence-electron chi connectivity index (χ2n) is 4.99. The molecule has 0 bridgehead atoms. The number of hydrogen-bond acceptors (Lipinski definition) is 3. The summed E-state index contributed by atoms with van der Waals surface area (Å²) in [6, 6.07) is 7.25. The van der Waals surface area contributed by atoms with Crippen LogP contribution in [-0.2, 0) is 4.79 Å². The quantitative estimate of drug-likeness (QED) is 0.858. The first-order valence-corrected chi connectivity index (χ1v) is 6.77. The zero-order valence-corrected chi connectivity index (χ0v) is 11.1. The molecule has 1 fully saturated rings. The van der Waals surface area contributed by atoms with Crippen LogP contribution in [0.3, 0.4) is 0 Å². The minimum absolute atomic E-state index is 0.185. The Morgan fingerprint density at radius 2 is 2.05 bits per heavy atom. The van der Waals surface area contributed by atoms with Crippen molar-refractivity contribution in [3.8, 4) is 5.75 Å². The number of hydrogen-bond donors (Lipinski definition) is 2. The zero-order valence-electron chi connectivity index (χ0n) is 11.1. The summed E-state index contributed by atoms with van der Waals surface area (Å²) in [5.41, 5.74) is 0.765. The Morgan fingerprint density at radius 3 is 2.63 bits per heavy atom. The minimum atomic E-state index is -0.799. The van der Waals surface area contributed by atoms with Crippen LogP contribution >= 0.6 is 0 Å². The smallest absolute Gasteiger partial charge is 0.306 e. The molecule has 0 spiro atoms. The summed E-state index contributed by atoms with van der Waals surface area (Å²) < 4.78 is 5.35. The van der Waals surface area contributed by atoms with E-state index in [0.29, 0.717) is 13.0 Å². The van der Waals surface area contributed by atoms with Crippen molar-refractivity contribution in [2.75, 3.05) is 6.61 Å². The second kappa shape index (κ2) is 6.06. The van der Waals surface area contributed by atoms with E-state index in [4.69, 9.17) is 9.84 Å². The van der Waals surface area contributed by atoms with Crippen LogP contribution in [-0.4, -0.2) is 22.8 Å². The van der Waals surface area contributed by atoms with E-state index >= 15 is 0 Å². The van der Waals surface area contributed by atoms with Crippen molar-refractivity contribution in [1.29, 1.82) is 0 Å². The van der Waals surface area contributed by atoms with E-state index < -0.39 is 18.0 Å². The van der Waals surface area contributed by atoms with Gasteiger partial charge in [-0.2, -0.15) is 0 Å². The average molecular weight is 264 g/mol. The first-order chi connectivity index (χ1) is 9.13. The summed E-state index contributed by atoms with van der Waals surface area (Å²) in [6.45, 7) is 2.52. The fourth-order valence-electron chi connectivity index (χ4n) is 2.85. The van der Waals surface area contributed by atoms with Gasteiger partial charge in [0.1, 0.15) is 5.75 Å². The molecule has 1 aliphatic carbocycles. The van der Waals surface area contributed by atoms with Crippen LogP contribution in [0.1, 0.15) is 37.9 Å². The van der Waals surface area contributed by atoms with Gasteiger partial charge in [0.25, 0.3) is 0 Å². The Bertz CT molecular complexity index is 426. The van der Waals surface area contributed by atoms with Crippen LogP contribution in [0.5, 0.6) is 5.75 Å². The van der Waals surface area contributed by atoms with Crippen LogP contribution < -0.4 is 4.74 Å². The number of ether oxygens (including phenoxy) is 1. The fourth-order valence-corrected chi connectivity index (χ4v) is 2.85. The molecular weight excluding hydrogens is 244 g/mol. The molecule has 19 heavy (non-hydrogen) atoms. The molecule has 0 saturated heterocycles. The Labute approximate surface area is 113 Å². The standard InChI is InChI=1S/C15H20O4/c1-2-19-11-8-6-10(7-9-11)14(16)12-4-3-5-13(12)15(17)18/h6-9,12-14,16H,2-5H2,1H3,(H,17,18). The molecule has 0 aliphatic heterocycles. The van der Waals surface area contributed by atoms with Gasteiger partial charge in [-0.1, -0.05) is 18.6 Å². The van der Waals surface area contributed by atoms with Crippen LogP contribution in [0.4, 0.5) is 0 Å². The molecule has 2 N–H and O–H groups in total. The van der Waals surface area contributed by atoms with Gasteiger partial charge in [-0.05, 0) is 37.5 Å². The lowest BCUT2D eigenvalue weighted by Crippen LogP contribution is -2.23. The van der Waals surface area contributed by atoms with Gasteiger partial charge < -0.3 is 14.9 Å². The number of rotatable bonds is 5. The van der Waals surface area contributed by atoms with Crippen LogP contribution in [0.2, 0.25) is 0 Å². The SMILES string of the molecule is CCOc1ccc(C(O)C2CCCC2C(=O)O)cc1. The number of benzene rings is 1. The van der Waals surface area contributed by atoms with Crippen molar-refractivity contribution in [3.63, 3.8) is 0 Å². The van der Waals surface area contributed by atoms with Crippen LogP contribution in [0.15, 0.2) is 24.3 Å². The van der Waals surface area contributed by atoms with Gasteiger partial charge in [0.15, 0.2) is 0 Å². The molecule has 1 aromatic rings. The highest BCUT2D eigenvalue weighted by Crippen LogP contribution is 2.40. The van der Waals surface area contributed by atoms with E-state index in [1.807, 2.05) is 31.2 Å². The van der Waals surface area contributed by atoms with Gasteiger partial charge in [0.2, 0.25) is 0 Å². The molecule has 0 amide bonds. The Balaban J connectivity index is 2.10. The maximum Gasteiger partial charge on any atom is 0.306 e. The molecule has 4 heteroatoms. The first kappa shape index (κ1) is 13.9. The van der Waals surface area contributed by atoms with Gasteiger partial charge in [-0.15, -0.1) is 0 Å². The topological polar surface area (TPSA) is 66.8 Å². The monoisotopic (exact) mass is 264 g/mol. The molecule has 0 radical (unpaired) electrons. The zero-order chi connectivity index (χ0) is 13.8. The number of carbonyl (C=O) groups is 1. The van der Waals surface area contributed by atoms with Gasteiger partial charge in [-0.25, -0.2) is 0 Å². The third-order valence-corrected chi connectivity index (χ3v) is 3.82. The van der Waals surface area contributed by atoms with Crippen molar-refractivity contribution in [1.82, 2.24) is 0 Å². The number of aliphatic carboxylic acids is 1. The van der Waals surface area contributed by atoms with Crippen molar-refractivity contribution < 1.29 is 19.7 Å². The number of carboxylic acids is 1. The van der Waals surface area contributed by atoms with Gasteiger partial charge in [0.05, 0.1) is 18.6 Å². The number of aliphatic hydroxyl groups excluding tert-OH is 1. The molecule has 0 heterocycles. The normalized spacial score (nSPS) is 24.1. The third kappa shape index (κ3) is 3.07. The Morgan fingerprint density at radius 1 is 1.37 bits per heavy atom. The van der Waals surface area contributed by atoms with Crippen LogP contribution in [0, 0.1) is 11.8 Å². The summed E-state index contributed by atoms with van der Waals surface area (Å²) in [6.07, 6.45) is 1.59. The predicted molar refractivity (Wildman–Crippen MR) is 71.0 cm³/mol. The molecular formula is C15H20O4. The summed E-state index contributed by atoms with van der Waals surface area (Å²) >= 11 is 0. The van der Waals surface area contributed by atoms with E-state index in [0.717, 1.165) is 24.2 Å². The van der Waals surface area contributed by atoms with E-state index in [1.54, 1.807) is 0 Å². The van der Waals surface area contributed by atoms with Crippen molar-refractivity contribution in [2.45, 2.75) is 32.3 Å². The Kier molecular flexibility index (Phi) is 4.43. The molecule has 3 atom stereocenters. The largest absolute Gasteiger partial charge is 0.494 e. The summed E-state index contributed by atoms with van der Waals surface area (Å²) in [7, 11) is 0. The second-order valence-corrected chi connectivity index (χ2v) is 4.99. The highest BCUT2D eigenvalue weighted by molar-refractivity contribution is 5.70. The molecule has 104 valence electrons. The Hall–Kier alpha value is -1.55. The maximum absolute atomic E-state index is 11.2. The maximum atomic E-state index is 11.2. The molecule has 3 unspecified atom stereocenters. The van der Waals surface area contributed by atoms with Crippen molar-refractivity contribution in [2.24, 2.45) is 11.8 Å². The highest BCUT2D eigenvalue weighted by atomic mass is 16.5. The summed E-state index contributed by atoms with van der Waals surface area (Å²) in [4.78, 5) is 11.2. The van der Waals surface area contributed by atoms with Crippen LogP contribution in [0.25, 0.3) is 0 Å². The summed E-state index contributed by atoms with van der Waals surface area (Å²) in [5, 5.41) is 19.5. The molecule has 0 aromatic heterocycles. The minimum Gasteiger partial charge on any atom is -0.494 e. The lowest BCUT2D eigenvalue weighted by Gasteiger charge is -2.22. The molecule has 4 nitrogen and oxygen atoms in total. The van der Waals surface area contributed by atoms with E-state index in [-0.39, 0.29) is 5.92 Å². The predicted octanol–water partition coefficient (Wildman–Crippen LogP) is 2.62.